The maximum atomic E-state index is 12.4. The van der Waals surface area contributed by atoms with Gasteiger partial charge in [0.2, 0.25) is 5.91 Å². The Kier molecular flexibility index (Phi) is 7.20. The SMILES string of the molecule is CCN(CC)C(=O)CN1CCC[C@H](c2nnc(CN3CCOCC3)n2C)C1. The molecule has 2 aliphatic rings. The topological polar surface area (TPSA) is 66.7 Å². The van der Waals surface area contributed by atoms with Crippen molar-refractivity contribution in [1.82, 2.24) is 29.5 Å². The molecule has 0 aromatic carbocycles. The number of carbonyl (C=O) groups excluding carboxylic acids is 1. The van der Waals surface area contributed by atoms with Crippen LogP contribution in [-0.4, -0.2) is 94.4 Å². The quantitative estimate of drug-likeness (QED) is 0.696. The first-order chi connectivity index (χ1) is 13.1. The van der Waals surface area contributed by atoms with Gasteiger partial charge in [0, 0.05) is 45.7 Å². The molecule has 1 aromatic rings. The van der Waals surface area contributed by atoms with Gasteiger partial charge in [0.25, 0.3) is 0 Å². The third-order valence-corrected chi connectivity index (χ3v) is 5.81. The summed E-state index contributed by atoms with van der Waals surface area (Å²) in [5, 5.41) is 8.98. The number of hydrogen-bond donors (Lipinski definition) is 0. The van der Waals surface area contributed by atoms with Crippen LogP contribution in [0.25, 0.3) is 0 Å². The molecule has 0 spiro atoms. The molecule has 2 aliphatic heterocycles. The number of likely N-dealkylation sites (N-methyl/N-ethyl adjacent to an activating group) is 1. The van der Waals surface area contributed by atoms with Gasteiger partial charge in [0.1, 0.15) is 11.6 Å². The Balaban J connectivity index is 1.60. The summed E-state index contributed by atoms with van der Waals surface area (Å²) in [5.74, 6) is 2.65. The van der Waals surface area contributed by atoms with Crippen molar-refractivity contribution in [1.29, 1.82) is 0 Å². The lowest BCUT2D eigenvalue weighted by Gasteiger charge is -2.33. The van der Waals surface area contributed by atoms with Crippen molar-refractivity contribution in [2.45, 2.75) is 39.2 Å². The van der Waals surface area contributed by atoms with Crippen LogP contribution in [0.1, 0.15) is 44.3 Å². The van der Waals surface area contributed by atoms with Crippen molar-refractivity contribution >= 4 is 5.91 Å². The predicted octanol–water partition coefficient (Wildman–Crippen LogP) is 0.695. The van der Waals surface area contributed by atoms with Crippen LogP contribution in [0.3, 0.4) is 0 Å². The smallest absolute Gasteiger partial charge is 0.236 e. The van der Waals surface area contributed by atoms with Crippen LogP contribution < -0.4 is 0 Å². The molecular weight excluding hydrogens is 344 g/mol. The number of rotatable bonds is 7. The minimum absolute atomic E-state index is 0.228. The van der Waals surface area contributed by atoms with Crippen LogP contribution in [0.2, 0.25) is 0 Å². The summed E-state index contributed by atoms with van der Waals surface area (Å²) < 4.78 is 7.59. The Bertz CT molecular complexity index is 609. The summed E-state index contributed by atoms with van der Waals surface area (Å²) in [6, 6.07) is 0. The van der Waals surface area contributed by atoms with Crippen LogP contribution in [0, 0.1) is 0 Å². The molecular formula is C19H34N6O2. The third kappa shape index (κ3) is 5.06. The highest BCUT2D eigenvalue weighted by molar-refractivity contribution is 5.78. The summed E-state index contributed by atoms with van der Waals surface area (Å²) in [6.45, 7) is 12.3. The molecule has 8 nitrogen and oxygen atoms in total. The van der Waals surface area contributed by atoms with Crippen molar-refractivity contribution in [3.8, 4) is 0 Å². The van der Waals surface area contributed by atoms with E-state index in [9.17, 15) is 4.79 Å². The maximum absolute atomic E-state index is 12.4. The van der Waals surface area contributed by atoms with E-state index in [-0.39, 0.29) is 5.91 Å². The number of aromatic nitrogens is 3. The van der Waals surface area contributed by atoms with Gasteiger partial charge in [0.05, 0.1) is 26.3 Å². The fraction of sp³-hybridized carbons (Fsp3) is 0.842. The molecule has 0 bridgehead atoms. The molecule has 0 N–H and O–H groups in total. The van der Waals surface area contributed by atoms with Gasteiger partial charge in [-0.15, -0.1) is 10.2 Å². The first kappa shape index (κ1) is 20.2. The molecule has 0 radical (unpaired) electrons. The van der Waals surface area contributed by atoms with Gasteiger partial charge in [-0.2, -0.15) is 0 Å². The Hall–Kier alpha value is -1.51. The lowest BCUT2D eigenvalue weighted by molar-refractivity contribution is -0.132. The van der Waals surface area contributed by atoms with E-state index in [2.05, 4.69) is 31.6 Å². The highest BCUT2D eigenvalue weighted by atomic mass is 16.5. The fourth-order valence-electron chi connectivity index (χ4n) is 4.11. The molecule has 3 rings (SSSR count). The van der Waals surface area contributed by atoms with Gasteiger partial charge in [-0.3, -0.25) is 14.6 Å². The van der Waals surface area contributed by atoms with Crippen LogP contribution in [-0.2, 0) is 23.1 Å². The minimum atomic E-state index is 0.228. The van der Waals surface area contributed by atoms with E-state index in [1.165, 1.54) is 0 Å². The zero-order valence-electron chi connectivity index (χ0n) is 17.1. The predicted molar refractivity (Wildman–Crippen MR) is 103 cm³/mol. The van der Waals surface area contributed by atoms with E-state index in [1.54, 1.807) is 0 Å². The number of amides is 1. The number of morpholine rings is 1. The molecule has 8 heteroatoms. The van der Waals surface area contributed by atoms with Gasteiger partial charge < -0.3 is 14.2 Å². The van der Waals surface area contributed by atoms with Gasteiger partial charge in [0.15, 0.2) is 0 Å². The summed E-state index contributed by atoms with van der Waals surface area (Å²) in [5.41, 5.74) is 0. The number of ether oxygens (including phenoxy) is 1. The van der Waals surface area contributed by atoms with Crippen molar-refractivity contribution in [2.24, 2.45) is 7.05 Å². The highest BCUT2D eigenvalue weighted by Gasteiger charge is 2.28. The summed E-state index contributed by atoms with van der Waals surface area (Å²) in [4.78, 5) is 19.0. The molecule has 0 aliphatic carbocycles. The van der Waals surface area contributed by atoms with Crippen molar-refractivity contribution in [3.05, 3.63) is 11.6 Å². The van der Waals surface area contributed by atoms with Crippen LogP contribution in [0.5, 0.6) is 0 Å². The molecule has 0 saturated carbocycles. The second-order valence-electron chi connectivity index (χ2n) is 7.56. The minimum Gasteiger partial charge on any atom is -0.379 e. The van der Waals surface area contributed by atoms with Gasteiger partial charge in [-0.05, 0) is 33.2 Å². The van der Waals surface area contributed by atoms with Crippen molar-refractivity contribution in [2.75, 3.05) is 59.0 Å². The normalized spacial score (nSPS) is 22.1. The lowest BCUT2D eigenvalue weighted by Crippen LogP contribution is -2.44. The monoisotopic (exact) mass is 378 g/mol. The molecule has 2 fully saturated rings. The summed E-state index contributed by atoms with van der Waals surface area (Å²) >= 11 is 0. The number of nitrogens with zero attached hydrogens (tertiary/aromatic N) is 6. The van der Waals surface area contributed by atoms with E-state index in [0.29, 0.717) is 12.5 Å². The number of piperidine rings is 1. The Labute approximate surface area is 162 Å². The van der Waals surface area contributed by atoms with Crippen LogP contribution in [0.4, 0.5) is 0 Å². The zero-order valence-corrected chi connectivity index (χ0v) is 17.1. The largest absolute Gasteiger partial charge is 0.379 e. The average molecular weight is 379 g/mol. The molecule has 0 unspecified atom stereocenters. The molecule has 1 atom stereocenters. The standard InChI is InChI=1S/C19H34N6O2/c1-4-25(5-2)18(26)15-24-8-6-7-16(13-24)19-21-20-17(22(19)3)14-23-9-11-27-12-10-23/h16H,4-15H2,1-3H3/t16-/m0/s1. The first-order valence-corrected chi connectivity index (χ1v) is 10.3. The zero-order chi connectivity index (χ0) is 19.2. The second-order valence-corrected chi connectivity index (χ2v) is 7.56. The number of likely N-dealkylation sites (tertiary alicyclic amines) is 1. The van der Waals surface area contributed by atoms with Crippen LogP contribution >= 0.6 is 0 Å². The van der Waals surface area contributed by atoms with Crippen molar-refractivity contribution in [3.63, 3.8) is 0 Å². The average Bonchev–Trinajstić information content (AvgIpc) is 3.04. The number of hydrogen-bond acceptors (Lipinski definition) is 6. The van der Waals surface area contributed by atoms with E-state index in [0.717, 1.165) is 83.5 Å². The molecule has 27 heavy (non-hydrogen) atoms. The van der Waals surface area contributed by atoms with E-state index >= 15 is 0 Å². The highest BCUT2D eigenvalue weighted by Crippen LogP contribution is 2.26. The van der Waals surface area contributed by atoms with E-state index in [1.807, 2.05) is 18.7 Å². The Morgan fingerprint density at radius 1 is 1.15 bits per heavy atom. The molecule has 1 amide bonds. The Morgan fingerprint density at radius 2 is 1.89 bits per heavy atom. The van der Waals surface area contributed by atoms with Gasteiger partial charge >= 0.3 is 0 Å². The van der Waals surface area contributed by atoms with Gasteiger partial charge in [-0.25, -0.2) is 0 Å². The van der Waals surface area contributed by atoms with Crippen LogP contribution in [0.15, 0.2) is 0 Å². The lowest BCUT2D eigenvalue weighted by atomic mass is 9.97. The van der Waals surface area contributed by atoms with E-state index < -0.39 is 0 Å². The number of carbonyl (C=O) groups is 1. The fourth-order valence-corrected chi connectivity index (χ4v) is 4.11. The maximum Gasteiger partial charge on any atom is 0.236 e. The van der Waals surface area contributed by atoms with Crippen molar-refractivity contribution < 1.29 is 9.53 Å². The molecule has 1 aromatic heterocycles. The Morgan fingerprint density at radius 3 is 2.59 bits per heavy atom. The molecule has 3 heterocycles. The summed E-state index contributed by atoms with van der Waals surface area (Å²) in [6.07, 6.45) is 2.21. The van der Waals surface area contributed by atoms with E-state index in [4.69, 9.17) is 4.74 Å². The molecule has 152 valence electrons. The van der Waals surface area contributed by atoms with Gasteiger partial charge in [-0.1, -0.05) is 0 Å². The summed E-state index contributed by atoms with van der Waals surface area (Å²) in [7, 11) is 2.07. The first-order valence-electron chi connectivity index (χ1n) is 10.3. The molecule has 2 saturated heterocycles. The second kappa shape index (κ2) is 9.61. The third-order valence-electron chi connectivity index (χ3n) is 5.81.